The lowest BCUT2D eigenvalue weighted by molar-refractivity contribution is 0.256. The summed E-state index contributed by atoms with van der Waals surface area (Å²) in [5, 5.41) is 0. The van der Waals surface area contributed by atoms with E-state index >= 15 is 0 Å². The van der Waals surface area contributed by atoms with Crippen molar-refractivity contribution in [2.45, 2.75) is 0 Å². The van der Waals surface area contributed by atoms with E-state index in [-0.39, 0.29) is 0 Å². The first-order valence-electron chi connectivity index (χ1n) is 1.24. The topological polar surface area (TPSA) is 86.2 Å². The van der Waals surface area contributed by atoms with Gasteiger partial charge in [0, 0.05) is 0 Å². The number of urea groups is 1. The second kappa shape index (κ2) is 8.83. The minimum Gasteiger partial charge on any atom is -0.352 e. The molecule has 0 aromatic heterocycles. The smallest absolute Gasteiger partial charge is 0.309 e. The highest BCUT2D eigenvalue weighted by molar-refractivity contribution is 5.69. The molecule has 0 aliphatic rings. The maximum absolute atomic E-state index is 9.00. The second-order valence-corrected chi connectivity index (χ2v) is 0.504. The maximum atomic E-state index is 9.00. The first kappa shape index (κ1) is 9.21. The number of hydrogen-bond acceptors (Lipinski definition) is 2. The third-order valence-corrected chi connectivity index (χ3v) is 0. The van der Waals surface area contributed by atoms with Gasteiger partial charge in [0.2, 0.25) is 0 Å². The van der Waals surface area contributed by atoms with Crippen LogP contribution in [-0.4, -0.2) is 12.0 Å². The normalized spacial score (nSPS) is 4.57. The third kappa shape index (κ3) is 21.3. The fourth-order valence-electron chi connectivity index (χ4n) is 0. The molecule has 2 radical (unpaired) electrons. The summed E-state index contributed by atoms with van der Waals surface area (Å²) < 4.78 is 0. The Morgan fingerprint density at radius 2 is 1.57 bits per heavy atom. The Morgan fingerprint density at radius 3 is 1.57 bits per heavy atom. The lowest BCUT2D eigenvalue weighted by Gasteiger charge is -1.62. The van der Waals surface area contributed by atoms with Crippen LogP contribution in [0.1, 0.15) is 0 Å². The van der Waals surface area contributed by atoms with E-state index in [1.165, 1.54) is 0 Å². The molecule has 4 nitrogen and oxygen atoms in total. The molecule has 0 fully saturated rings. The summed E-state index contributed by atoms with van der Waals surface area (Å²) >= 11 is 0. The molecule has 4 heteroatoms. The van der Waals surface area contributed by atoms with Crippen LogP contribution < -0.4 is 11.5 Å². The molecule has 7 heavy (non-hydrogen) atoms. The first-order valence-corrected chi connectivity index (χ1v) is 1.24. The van der Waals surface area contributed by atoms with Gasteiger partial charge in [-0.3, -0.25) is 0 Å². The molecule has 0 bridgehead atoms. The number of amides is 2. The van der Waals surface area contributed by atoms with Crippen molar-refractivity contribution in [3.8, 4) is 0 Å². The van der Waals surface area contributed by atoms with E-state index in [0.29, 0.717) is 0 Å². The summed E-state index contributed by atoms with van der Waals surface area (Å²) in [5.74, 6) is 0.750. The standard InChI is InChI=1S/C2O.CH4N2O/c1-2-3;2-1(3)4/h;(H4,2,3,4). The van der Waals surface area contributed by atoms with Crippen LogP contribution in [0.15, 0.2) is 0 Å². The van der Waals surface area contributed by atoms with Crippen LogP contribution >= 0.6 is 0 Å². The Labute approximate surface area is 40.8 Å². The molecular weight excluding hydrogens is 96.0 g/mol. The van der Waals surface area contributed by atoms with Crippen molar-refractivity contribution >= 4 is 12.0 Å². The summed E-state index contributed by atoms with van der Waals surface area (Å²) in [6.45, 7) is 5.40. The van der Waals surface area contributed by atoms with Crippen LogP contribution in [0.2, 0.25) is 0 Å². The van der Waals surface area contributed by atoms with Gasteiger partial charge in [-0.05, 0) is 0 Å². The van der Waals surface area contributed by atoms with Gasteiger partial charge in [-0.15, -0.1) is 0 Å². The molecule has 0 aliphatic carbocycles. The molecule has 0 aromatic carbocycles. The number of nitrogens with two attached hydrogens (primary N) is 2. The molecule has 2 amide bonds. The van der Waals surface area contributed by atoms with Crippen molar-refractivity contribution in [2.75, 3.05) is 0 Å². The lowest BCUT2D eigenvalue weighted by Crippen LogP contribution is -2.18. The third-order valence-electron chi connectivity index (χ3n) is 0. The molecular formula is C3H4N2O2. The molecule has 0 rings (SSSR count). The predicted molar refractivity (Wildman–Crippen MR) is 22.7 cm³/mol. The maximum Gasteiger partial charge on any atom is 0.309 e. The minimum atomic E-state index is -0.833. The van der Waals surface area contributed by atoms with Crippen molar-refractivity contribution in [3.63, 3.8) is 0 Å². The van der Waals surface area contributed by atoms with Gasteiger partial charge in [0.1, 0.15) is 5.94 Å². The minimum absolute atomic E-state index is 0.750. The Bertz CT molecular complexity index is 78.9. The number of rotatable bonds is 0. The number of hydrogen-bond donors (Lipinski definition) is 2. The SMILES string of the molecule is NC(N)=O.[C]=C=O. The molecule has 0 aliphatic heterocycles. The Balaban J connectivity index is 0. The van der Waals surface area contributed by atoms with Crippen LogP contribution in [0.5, 0.6) is 0 Å². The van der Waals surface area contributed by atoms with Crippen LogP contribution in [0.25, 0.3) is 0 Å². The first-order chi connectivity index (χ1) is 3.15. The summed E-state index contributed by atoms with van der Waals surface area (Å²) in [6, 6.07) is -0.833. The van der Waals surface area contributed by atoms with Crippen molar-refractivity contribution in [1.82, 2.24) is 0 Å². The molecule has 38 valence electrons. The van der Waals surface area contributed by atoms with Crippen molar-refractivity contribution < 1.29 is 9.59 Å². The molecule has 0 spiro atoms. The molecule has 4 N–H and O–H groups in total. The van der Waals surface area contributed by atoms with Gasteiger partial charge < -0.3 is 11.5 Å². The van der Waals surface area contributed by atoms with Crippen LogP contribution in [0.3, 0.4) is 0 Å². The van der Waals surface area contributed by atoms with E-state index in [4.69, 9.17) is 16.2 Å². The summed E-state index contributed by atoms with van der Waals surface area (Å²) in [6.07, 6.45) is 0. The number of carbonyl (C=O) groups is 1. The van der Waals surface area contributed by atoms with E-state index in [0.717, 1.165) is 5.94 Å². The van der Waals surface area contributed by atoms with E-state index in [9.17, 15) is 0 Å². The molecule has 0 heterocycles. The van der Waals surface area contributed by atoms with Crippen molar-refractivity contribution in [2.24, 2.45) is 11.5 Å². The largest absolute Gasteiger partial charge is 0.352 e. The summed E-state index contributed by atoms with van der Waals surface area (Å²) in [7, 11) is 0. The second-order valence-electron chi connectivity index (χ2n) is 0.504. The van der Waals surface area contributed by atoms with E-state index in [2.05, 4.69) is 11.5 Å². The number of primary amides is 2. The van der Waals surface area contributed by atoms with Crippen LogP contribution in [0.4, 0.5) is 4.79 Å². The van der Waals surface area contributed by atoms with Crippen molar-refractivity contribution in [1.29, 1.82) is 0 Å². The van der Waals surface area contributed by atoms with Crippen molar-refractivity contribution in [3.05, 3.63) is 6.58 Å². The van der Waals surface area contributed by atoms with E-state index in [1.807, 2.05) is 0 Å². The predicted octanol–water partition coefficient (Wildman–Crippen LogP) is -1.29. The summed E-state index contributed by atoms with van der Waals surface area (Å²) in [4.78, 5) is 17.3. The Kier molecular flexibility index (Phi) is 11.6. The van der Waals surface area contributed by atoms with Gasteiger partial charge >= 0.3 is 6.03 Å². The van der Waals surface area contributed by atoms with Gasteiger partial charge in [-0.25, -0.2) is 9.59 Å². The summed E-state index contributed by atoms with van der Waals surface area (Å²) in [5.41, 5.74) is 8.50. The lowest BCUT2D eigenvalue weighted by atomic mass is 11.2. The Morgan fingerprint density at radius 1 is 1.57 bits per heavy atom. The van der Waals surface area contributed by atoms with Gasteiger partial charge in [0.15, 0.2) is 0 Å². The van der Waals surface area contributed by atoms with Crippen LogP contribution in [-0.2, 0) is 4.79 Å². The zero-order valence-electron chi connectivity index (χ0n) is 3.47. The fraction of sp³-hybridized carbons (Fsp3) is 0. The Hall–Kier alpha value is -1.28. The van der Waals surface area contributed by atoms with E-state index < -0.39 is 6.03 Å². The molecule has 0 saturated carbocycles. The highest BCUT2D eigenvalue weighted by atomic mass is 16.2. The molecule has 0 unspecified atom stereocenters. The van der Waals surface area contributed by atoms with Crippen LogP contribution in [0, 0.1) is 6.58 Å². The highest BCUT2D eigenvalue weighted by Gasteiger charge is 1.60. The monoisotopic (exact) mass is 100 g/mol. The van der Waals surface area contributed by atoms with Gasteiger partial charge in [-0.1, -0.05) is 0 Å². The molecule has 0 aromatic rings. The van der Waals surface area contributed by atoms with Gasteiger partial charge in [0.25, 0.3) is 0 Å². The average molecular weight is 100 g/mol. The zero-order chi connectivity index (χ0) is 6.28. The van der Waals surface area contributed by atoms with Gasteiger partial charge in [0.05, 0.1) is 6.58 Å². The average Bonchev–Trinajstić information content (AvgIpc) is 1.33. The fourth-order valence-corrected chi connectivity index (χ4v) is 0. The highest BCUT2D eigenvalue weighted by Crippen LogP contribution is 1.25. The quantitative estimate of drug-likeness (QED) is 0.371. The van der Waals surface area contributed by atoms with E-state index in [1.54, 1.807) is 0 Å². The molecule has 0 atom stereocenters. The van der Waals surface area contributed by atoms with Gasteiger partial charge in [-0.2, -0.15) is 0 Å². The number of carbonyl (C=O) groups excluding carboxylic acids is 2. The zero-order valence-corrected chi connectivity index (χ0v) is 3.47. The molecule has 0 saturated heterocycles.